The van der Waals surface area contributed by atoms with Gasteiger partial charge in [-0.3, -0.25) is 0 Å². The molecule has 0 heterocycles. The Hall–Kier alpha value is -0.510. The van der Waals surface area contributed by atoms with Crippen LogP contribution in [0.15, 0.2) is 0 Å². The van der Waals surface area contributed by atoms with Gasteiger partial charge in [0.1, 0.15) is 0 Å². The molecular weight excluding hydrogens is 134 g/mol. The highest BCUT2D eigenvalue weighted by Gasteiger charge is 2.25. The van der Waals surface area contributed by atoms with Crippen LogP contribution in [0, 0.1) is 16.7 Å². The molecule has 64 valence electrons. The smallest absolute Gasteiger partial charge is 0.0689 e. The van der Waals surface area contributed by atoms with Gasteiger partial charge in [0.25, 0.3) is 0 Å². The predicted molar refractivity (Wildman–Crippen MR) is 48.2 cm³/mol. The normalized spacial score (nSPS) is 11.1. The molecule has 0 bridgehead atoms. The Bertz CT molecular complexity index is 126. The third kappa shape index (κ3) is 2.93. The number of nitrogens with zero attached hydrogens (tertiary/aromatic N) is 1. The molecule has 0 spiro atoms. The second-order valence-electron chi connectivity index (χ2n) is 3.25. The van der Waals surface area contributed by atoms with Crippen molar-refractivity contribution >= 4 is 0 Å². The first-order valence-electron chi connectivity index (χ1n) is 4.66. The lowest BCUT2D eigenvalue weighted by Crippen LogP contribution is -2.16. The minimum absolute atomic E-state index is 0.0104. The van der Waals surface area contributed by atoms with E-state index in [1.165, 1.54) is 0 Å². The Kier molecular flexibility index (Phi) is 4.94. The highest BCUT2D eigenvalue weighted by Crippen LogP contribution is 2.32. The Balaban J connectivity index is 4.11. The molecule has 0 atom stereocenters. The molecule has 0 aromatic carbocycles. The molecule has 0 aromatic rings. The number of rotatable bonds is 5. The van der Waals surface area contributed by atoms with Gasteiger partial charge in [-0.05, 0) is 19.3 Å². The lowest BCUT2D eigenvalue weighted by atomic mass is 9.78. The predicted octanol–water partition coefficient (Wildman–Crippen LogP) is 3.51. The van der Waals surface area contributed by atoms with Gasteiger partial charge in [0.05, 0.1) is 11.5 Å². The molecule has 0 fully saturated rings. The topological polar surface area (TPSA) is 23.8 Å². The van der Waals surface area contributed by atoms with Gasteiger partial charge in [0.2, 0.25) is 0 Å². The minimum Gasteiger partial charge on any atom is -0.198 e. The van der Waals surface area contributed by atoms with Crippen molar-refractivity contribution in [2.75, 3.05) is 0 Å². The summed E-state index contributed by atoms with van der Waals surface area (Å²) >= 11 is 0. The number of hydrogen-bond acceptors (Lipinski definition) is 1. The van der Waals surface area contributed by atoms with Crippen LogP contribution in [-0.4, -0.2) is 0 Å². The average molecular weight is 153 g/mol. The van der Waals surface area contributed by atoms with Gasteiger partial charge >= 0.3 is 0 Å². The summed E-state index contributed by atoms with van der Waals surface area (Å²) in [5, 5.41) is 8.99. The fourth-order valence-electron chi connectivity index (χ4n) is 1.63. The molecule has 0 aliphatic heterocycles. The van der Waals surface area contributed by atoms with Gasteiger partial charge in [-0.2, -0.15) is 5.26 Å². The summed E-state index contributed by atoms with van der Waals surface area (Å²) in [4.78, 5) is 0. The fourth-order valence-corrected chi connectivity index (χ4v) is 1.63. The van der Waals surface area contributed by atoms with Crippen molar-refractivity contribution in [3.8, 4) is 6.07 Å². The minimum atomic E-state index is -0.0104. The van der Waals surface area contributed by atoms with Crippen LogP contribution in [0.5, 0.6) is 0 Å². The highest BCUT2D eigenvalue weighted by molar-refractivity contribution is 4.97. The van der Waals surface area contributed by atoms with Crippen molar-refractivity contribution in [3.63, 3.8) is 0 Å². The third-order valence-corrected chi connectivity index (χ3v) is 2.37. The Morgan fingerprint density at radius 3 is 1.73 bits per heavy atom. The Morgan fingerprint density at radius 1 is 1.09 bits per heavy atom. The van der Waals surface area contributed by atoms with Crippen molar-refractivity contribution in [1.29, 1.82) is 5.26 Å². The molecule has 0 saturated heterocycles. The average Bonchev–Trinajstić information content (AvgIpc) is 2.04. The van der Waals surface area contributed by atoms with Crippen LogP contribution in [0.2, 0.25) is 0 Å². The Labute approximate surface area is 70.4 Å². The summed E-state index contributed by atoms with van der Waals surface area (Å²) in [6.07, 6.45) is 5.38. The second-order valence-corrected chi connectivity index (χ2v) is 3.25. The summed E-state index contributed by atoms with van der Waals surface area (Å²) in [7, 11) is 0. The van der Waals surface area contributed by atoms with E-state index in [-0.39, 0.29) is 5.41 Å². The van der Waals surface area contributed by atoms with Crippen LogP contribution in [-0.2, 0) is 0 Å². The summed E-state index contributed by atoms with van der Waals surface area (Å²) in [5.41, 5.74) is -0.0104. The molecule has 0 saturated carbocycles. The lowest BCUT2D eigenvalue weighted by Gasteiger charge is -2.23. The third-order valence-electron chi connectivity index (χ3n) is 2.37. The van der Waals surface area contributed by atoms with Gasteiger partial charge in [-0.25, -0.2) is 0 Å². The number of hydrogen-bond donors (Lipinski definition) is 0. The molecule has 0 N–H and O–H groups in total. The van der Waals surface area contributed by atoms with Crippen LogP contribution >= 0.6 is 0 Å². The van der Waals surface area contributed by atoms with Crippen molar-refractivity contribution in [2.24, 2.45) is 5.41 Å². The molecule has 0 radical (unpaired) electrons. The van der Waals surface area contributed by atoms with Gasteiger partial charge in [0, 0.05) is 0 Å². The molecule has 0 aromatic heterocycles. The zero-order valence-electron chi connectivity index (χ0n) is 7.98. The Morgan fingerprint density at radius 2 is 1.55 bits per heavy atom. The zero-order valence-corrected chi connectivity index (χ0v) is 7.98. The van der Waals surface area contributed by atoms with Gasteiger partial charge in [-0.1, -0.05) is 33.6 Å². The van der Waals surface area contributed by atoms with E-state index in [1.54, 1.807) is 0 Å². The van der Waals surface area contributed by atoms with Gasteiger partial charge < -0.3 is 0 Å². The first-order chi connectivity index (χ1) is 5.24. The summed E-state index contributed by atoms with van der Waals surface area (Å²) < 4.78 is 0. The fraction of sp³-hybridized carbons (Fsp3) is 0.900. The van der Waals surface area contributed by atoms with E-state index in [0.29, 0.717) is 0 Å². The molecular formula is C10H19N. The largest absolute Gasteiger partial charge is 0.198 e. The first kappa shape index (κ1) is 10.5. The summed E-state index contributed by atoms with van der Waals surface area (Å²) in [6.45, 7) is 6.42. The van der Waals surface area contributed by atoms with Gasteiger partial charge in [-0.15, -0.1) is 0 Å². The molecule has 0 aliphatic carbocycles. The molecule has 0 rings (SSSR count). The first-order valence-corrected chi connectivity index (χ1v) is 4.66. The van der Waals surface area contributed by atoms with Crippen LogP contribution in [0.1, 0.15) is 52.9 Å². The maximum absolute atomic E-state index is 8.99. The van der Waals surface area contributed by atoms with Crippen molar-refractivity contribution < 1.29 is 0 Å². The zero-order chi connectivity index (χ0) is 8.74. The molecule has 11 heavy (non-hydrogen) atoms. The summed E-state index contributed by atoms with van der Waals surface area (Å²) in [5.74, 6) is 0. The summed E-state index contributed by atoms with van der Waals surface area (Å²) in [6, 6.07) is 2.47. The van der Waals surface area contributed by atoms with Crippen molar-refractivity contribution in [3.05, 3.63) is 0 Å². The van der Waals surface area contributed by atoms with Crippen molar-refractivity contribution in [2.45, 2.75) is 52.9 Å². The van der Waals surface area contributed by atoms with Crippen molar-refractivity contribution in [1.82, 2.24) is 0 Å². The maximum Gasteiger partial charge on any atom is 0.0689 e. The van der Waals surface area contributed by atoms with E-state index in [1.807, 2.05) is 0 Å². The van der Waals surface area contributed by atoms with Crippen LogP contribution in [0.3, 0.4) is 0 Å². The maximum atomic E-state index is 8.99. The lowest BCUT2D eigenvalue weighted by molar-refractivity contribution is 0.316. The van der Waals surface area contributed by atoms with E-state index in [9.17, 15) is 0 Å². The number of nitriles is 1. The monoisotopic (exact) mass is 153 g/mol. The quantitative estimate of drug-likeness (QED) is 0.593. The van der Waals surface area contributed by atoms with Gasteiger partial charge in [0.15, 0.2) is 0 Å². The van der Waals surface area contributed by atoms with E-state index in [2.05, 4.69) is 26.8 Å². The molecule has 0 unspecified atom stereocenters. The molecule has 0 aliphatic rings. The van der Waals surface area contributed by atoms with E-state index in [4.69, 9.17) is 5.26 Å². The highest BCUT2D eigenvalue weighted by atomic mass is 14.4. The molecule has 1 nitrogen and oxygen atoms in total. The van der Waals surface area contributed by atoms with E-state index >= 15 is 0 Å². The standard InChI is InChI=1S/C10H19N/c1-4-7-10(6-3,9-11)8-5-2/h4-8H2,1-3H3. The van der Waals surface area contributed by atoms with Crippen LogP contribution in [0.4, 0.5) is 0 Å². The molecule has 0 amide bonds. The molecule has 1 heteroatoms. The SMILES string of the molecule is CCCC(C#N)(CC)CCC. The second kappa shape index (κ2) is 5.18. The van der Waals surface area contributed by atoms with E-state index < -0.39 is 0 Å². The van der Waals surface area contributed by atoms with Crippen LogP contribution in [0.25, 0.3) is 0 Å². The van der Waals surface area contributed by atoms with Crippen LogP contribution < -0.4 is 0 Å². The van der Waals surface area contributed by atoms with E-state index in [0.717, 1.165) is 32.1 Å².